The third-order valence-electron chi connectivity index (χ3n) is 2.43. The van der Waals surface area contributed by atoms with E-state index in [2.05, 4.69) is 12.2 Å². The zero-order chi connectivity index (χ0) is 10.2. The molecule has 0 aromatic carbocycles. The van der Waals surface area contributed by atoms with Crippen molar-refractivity contribution in [2.24, 2.45) is 5.92 Å². The van der Waals surface area contributed by atoms with Crippen molar-refractivity contribution in [3.63, 3.8) is 0 Å². The monoisotopic (exact) mass is 197 g/mol. The first-order chi connectivity index (χ1) is 6.86. The van der Waals surface area contributed by atoms with Crippen LogP contribution in [0.25, 0.3) is 0 Å². The molecule has 0 bridgehead atoms. The molecular weight excluding hydrogens is 178 g/mol. The van der Waals surface area contributed by atoms with Gasteiger partial charge in [-0.2, -0.15) is 0 Å². The molecule has 0 aliphatic rings. The molecule has 0 saturated carbocycles. The second-order valence-corrected chi connectivity index (χ2v) is 3.50. The summed E-state index contributed by atoms with van der Waals surface area (Å²) < 4.78 is 5.20. The van der Waals surface area contributed by atoms with Gasteiger partial charge in [0.25, 0.3) is 0 Å². The molecule has 0 radical (unpaired) electrons. The third kappa shape index (κ3) is 3.94. The Bertz CT molecular complexity index is 221. The second kappa shape index (κ2) is 6.62. The minimum absolute atomic E-state index is 0.279. The molecule has 1 rings (SSSR count). The van der Waals surface area contributed by atoms with Crippen LogP contribution in [0.2, 0.25) is 0 Å². The van der Waals surface area contributed by atoms with Crippen molar-refractivity contribution in [2.45, 2.75) is 26.3 Å². The predicted molar refractivity (Wildman–Crippen MR) is 55.9 cm³/mol. The van der Waals surface area contributed by atoms with Gasteiger partial charge in [-0.3, -0.25) is 0 Å². The van der Waals surface area contributed by atoms with Crippen LogP contribution in [0.4, 0.5) is 0 Å². The van der Waals surface area contributed by atoms with E-state index in [1.807, 2.05) is 12.1 Å². The highest BCUT2D eigenvalue weighted by molar-refractivity contribution is 4.97. The Labute approximate surface area is 85.1 Å². The summed E-state index contributed by atoms with van der Waals surface area (Å²) >= 11 is 0. The summed E-state index contributed by atoms with van der Waals surface area (Å²) in [5.74, 6) is 1.53. The minimum Gasteiger partial charge on any atom is -0.468 e. The average Bonchev–Trinajstić information content (AvgIpc) is 2.69. The van der Waals surface area contributed by atoms with Crippen LogP contribution >= 0.6 is 0 Å². The van der Waals surface area contributed by atoms with Crippen molar-refractivity contribution in [1.29, 1.82) is 0 Å². The molecule has 1 unspecified atom stereocenters. The van der Waals surface area contributed by atoms with Crippen molar-refractivity contribution < 1.29 is 9.52 Å². The van der Waals surface area contributed by atoms with Gasteiger partial charge in [0.1, 0.15) is 5.76 Å². The van der Waals surface area contributed by atoms with Gasteiger partial charge in [0.05, 0.1) is 12.8 Å². The first-order valence-electron chi connectivity index (χ1n) is 5.20. The fourth-order valence-corrected chi connectivity index (χ4v) is 1.45. The van der Waals surface area contributed by atoms with E-state index in [0.29, 0.717) is 5.92 Å². The van der Waals surface area contributed by atoms with E-state index < -0.39 is 0 Å². The van der Waals surface area contributed by atoms with Crippen LogP contribution in [0.5, 0.6) is 0 Å². The molecule has 3 nitrogen and oxygen atoms in total. The Morgan fingerprint density at radius 1 is 1.57 bits per heavy atom. The molecule has 1 aromatic heterocycles. The second-order valence-electron chi connectivity index (χ2n) is 3.50. The van der Waals surface area contributed by atoms with Gasteiger partial charge < -0.3 is 14.8 Å². The summed E-state index contributed by atoms with van der Waals surface area (Å²) in [7, 11) is 0. The van der Waals surface area contributed by atoms with E-state index in [0.717, 1.165) is 31.7 Å². The van der Waals surface area contributed by atoms with Crippen molar-refractivity contribution in [1.82, 2.24) is 5.32 Å². The smallest absolute Gasteiger partial charge is 0.117 e. The molecular formula is C11H19NO2. The lowest BCUT2D eigenvalue weighted by atomic mass is 10.0. The van der Waals surface area contributed by atoms with Crippen molar-refractivity contribution >= 4 is 0 Å². The zero-order valence-electron chi connectivity index (χ0n) is 8.70. The maximum atomic E-state index is 8.80. The normalized spacial score (nSPS) is 13.0. The number of aliphatic hydroxyl groups is 1. The molecule has 0 spiro atoms. The fraction of sp³-hybridized carbons (Fsp3) is 0.636. The van der Waals surface area contributed by atoms with Crippen molar-refractivity contribution in [3.8, 4) is 0 Å². The van der Waals surface area contributed by atoms with Crippen molar-refractivity contribution in [3.05, 3.63) is 24.2 Å². The maximum Gasteiger partial charge on any atom is 0.117 e. The fourth-order valence-electron chi connectivity index (χ4n) is 1.45. The quantitative estimate of drug-likeness (QED) is 0.700. The molecule has 1 heterocycles. The van der Waals surface area contributed by atoms with E-state index in [1.165, 1.54) is 0 Å². The van der Waals surface area contributed by atoms with Crippen LogP contribution in [0, 0.1) is 5.92 Å². The minimum atomic E-state index is 0.279. The van der Waals surface area contributed by atoms with E-state index in [9.17, 15) is 0 Å². The van der Waals surface area contributed by atoms with Gasteiger partial charge in [0, 0.05) is 6.61 Å². The van der Waals surface area contributed by atoms with Crippen LogP contribution in [0.15, 0.2) is 22.8 Å². The molecule has 0 saturated heterocycles. The Balaban J connectivity index is 2.13. The number of aliphatic hydroxyl groups excluding tert-OH is 1. The number of rotatable bonds is 7. The highest BCUT2D eigenvalue weighted by atomic mass is 16.3. The van der Waals surface area contributed by atoms with Gasteiger partial charge in [0.15, 0.2) is 0 Å². The first-order valence-corrected chi connectivity index (χ1v) is 5.20. The maximum absolute atomic E-state index is 8.80. The molecule has 0 aliphatic carbocycles. The summed E-state index contributed by atoms with van der Waals surface area (Å²) in [6.07, 6.45) is 3.66. The summed E-state index contributed by atoms with van der Waals surface area (Å²) in [4.78, 5) is 0. The van der Waals surface area contributed by atoms with Gasteiger partial charge in [-0.05, 0) is 31.0 Å². The van der Waals surface area contributed by atoms with Gasteiger partial charge in [-0.25, -0.2) is 0 Å². The van der Waals surface area contributed by atoms with Crippen LogP contribution in [-0.2, 0) is 6.54 Å². The molecule has 2 N–H and O–H groups in total. The molecule has 1 aromatic rings. The number of furan rings is 1. The van der Waals surface area contributed by atoms with Crippen LogP contribution in [0.1, 0.15) is 25.5 Å². The Kier molecular flexibility index (Phi) is 5.33. The first kappa shape index (κ1) is 11.3. The lowest BCUT2D eigenvalue weighted by Gasteiger charge is -2.13. The summed E-state index contributed by atoms with van der Waals surface area (Å²) in [5.41, 5.74) is 0. The Hall–Kier alpha value is -0.800. The number of hydrogen-bond acceptors (Lipinski definition) is 3. The summed E-state index contributed by atoms with van der Waals surface area (Å²) in [6, 6.07) is 3.85. The Morgan fingerprint density at radius 2 is 2.43 bits per heavy atom. The van der Waals surface area contributed by atoms with Crippen LogP contribution in [0.3, 0.4) is 0 Å². The average molecular weight is 197 g/mol. The van der Waals surface area contributed by atoms with Crippen molar-refractivity contribution in [2.75, 3.05) is 13.2 Å². The van der Waals surface area contributed by atoms with E-state index in [-0.39, 0.29) is 6.61 Å². The number of nitrogens with one attached hydrogen (secondary N) is 1. The third-order valence-corrected chi connectivity index (χ3v) is 2.43. The molecule has 80 valence electrons. The van der Waals surface area contributed by atoms with Crippen LogP contribution in [-0.4, -0.2) is 18.3 Å². The zero-order valence-corrected chi connectivity index (χ0v) is 8.70. The SMILES string of the molecule is CCC(CCO)CNCc1ccco1. The summed E-state index contributed by atoms with van der Waals surface area (Å²) in [6.45, 7) is 4.14. The van der Waals surface area contributed by atoms with E-state index in [4.69, 9.17) is 9.52 Å². The highest BCUT2D eigenvalue weighted by Crippen LogP contribution is 2.06. The van der Waals surface area contributed by atoms with Gasteiger partial charge in [-0.1, -0.05) is 13.3 Å². The summed E-state index contributed by atoms with van der Waals surface area (Å²) in [5, 5.41) is 12.1. The highest BCUT2D eigenvalue weighted by Gasteiger charge is 2.04. The van der Waals surface area contributed by atoms with Gasteiger partial charge in [-0.15, -0.1) is 0 Å². The van der Waals surface area contributed by atoms with E-state index in [1.54, 1.807) is 6.26 Å². The standard InChI is InChI=1S/C11H19NO2/c1-2-10(5-6-13)8-12-9-11-4-3-7-14-11/h3-4,7,10,12-13H,2,5-6,8-9H2,1H3. The van der Waals surface area contributed by atoms with E-state index >= 15 is 0 Å². The van der Waals surface area contributed by atoms with Gasteiger partial charge >= 0.3 is 0 Å². The lowest BCUT2D eigenvalue weighted by molar-refractivity contribution is 0.250. The lowest BCUT2D eigenvalue weighted by Crippen LogP contribution is -2.22. The van der Waals surface area contributed by atoms with Gasteiger partial charge in [0.2, 0.25) is 0 Å². The molecule has 3 heteroatoms. The topological polar surface area (TPSA) is 45.4 Å². The van der Waals surface area contributed by atoms with Crippen LogP contribution < -0.4 is 5.32 Å². The molecule has 1 atom stereocenters. The number of hydrogen-bond donors (Lipinski definition) is 2. The Morgan fingerprint density at radius 3 is 3.00 bits per heavy atom. The predicted octanol–water partition coefficient (Wildman–Crippen LogP) is 1.78. The molecule has 0 aliphatic heterocycles. The molecule has 0 amide bonds. The molecule has 0 fully saturated rings. The largest absolute Gasteiger partial charge is 0.468 e. The molecule has 14 heavy (non-hydrogen) atoms.